The zero-order valence-corrected chi connectivity index (χ0v) is 16.4. The summed E-state index contributed by atoms with van der Waals surface area (Å²) in [4.78, 5) is 22.6. The van der Waals surface area contributed by atoms with E-state index in [4.69, 9.17) is 5.11 Å². The van der Waals surface area contributed by atoms with E-state index in [0.717, 1.165) is 24.3 Å². The van der Waals surface area contributed by atoms with Gasteiger partial charge in [-0.05, 0) is 36.4 Å². The van der Waals surface area contributed by atoms with Gasteiger partial charge in [0.25, 0.3) is 5.91 Å². The highest BCUT2D eigenvalue weighted by molar-refractivity contribution is 7.91. The van der Waals surface area contributed by atoms with Crippen molar-refractivity contribution < 1.29 is 46.2 Å². The van der Waals surface area contributed by atoms with Crippen molar-refractivity contribution >= 4 is 27.8 Å². The maximum absolute atomic E-state index is 12.5. The number of amides is 2. The molecule has 0 spiro atoms. The predicted molar refractivity (Wildman–Crippen MR) is 100 cm³/mol. The fourth-order valence-electron chi connectivity index (χ4n) is 2.46. The molecule has 2 aromatic carbocycles. The smallest absolute Gasteiger partial charge is 0.405 e. The molecule has 1 atom stereocenters. The van der Waals surface area contributed by atoms with Crippen LogP contribution in [0.4, 0.5) is 18.9 Å². The summed E-state index contributed by atoms with van der Waals surface area (Å²) in [6, 6.07) is 7.93. The molecule has 9 nitrogen and oxygen atoms in total. The second kappa shape index (κ2) is 9.76. The second-order valence-electron chi connectivity index (χ2n) is 6.13. The molecule has 0 radical (unpaired) electrons. The standard InChI is InChI=1S/C18H17F3N2O7S/c19-18(20,21)30-16-4-2-1-3-15(16)17(26)22-12-5-7-14(8-6-12)31(28,29)10-13(9-24)23(27)11-25/h1-8,11,13,24,27H,9-10H2,(H,22,26). The van der Waals surface area contributed by atoms with E-state index in [0.29, 0.717) is 0 Å². The Hall–Kier alpha value is -3.16. The van der Waals surface area contributed by atoms with Crippen LogP contribution in [-0.2, 0) is 14.6 Å². The van der Waals surface area contributed by atoms with E-state index in [9.17, 15) is 36.4 Å². The van der Waals surface area contributed by atoms with Crippen molar-refractivity contribution in [1.82, 2.24) is 5.06 Å². The summed E-state index contributed by atoms with van der Waals surface area (Å²) >= 11 is 0. The van der Waals surface area contributed by atoms with Crippen LogP contribution in [0, 0.1) is 0 Å². The van der Waals surface area contributed by atoms with Crippen LogP contribution in [0.1, 0.15) is 10.4 Å². The first-order chi connectivity index (χ1) is 14.5. The Labute approximate surface area is 174 Å². The molecule has 31 heavy (non-hydrogen) atoms. The molecule has 0 aliphatic heterocycles. The van der Waals surface area contributed by atoms with Crippen LogP contribution in [0.15, 0.2) is 53.4 Å². The van der Waals surface area contributed by atoms with Gasteiger partial charge < -0.3 is 15.2 Å². The number of benzene rings is 2. The SMILES string of the molecule is O=CN(O)C(CO)CS(=O)(=O)c1ccc(NC(=O)c2ccccc2OC(F)(F)F)cc1. The number of hydroxylamine groups is 2. The quantitative estimate of drug-likeness (QED) is 0.294. The van der Waals surface area contributed by atoms with Crippen molar-refractivity contribution in [1.29, 1.82) is 0 Å². The number of halogens is 3. The Balaban J connectivity index is 2.16. The largest absolute Gasteiger partial charge is 0.573 e. The molecule has 2 aromatic rings. The number of ether oxygens (including phenoxy) is 1. The number of carbonyl (C=O) groups excluding carboxylic acids is 2. The fraction of sp³-hybridized carbons (Fsp3) is 0.222. The Kier molecular flexibility index (Phi) is 7.60. The molecular formula is C18H17F3N2O7S. The van der Waals surface area contributed by atoms with E-state index in [1.165, 1.54) is 24.3 Å². The molecule has 0 bridgehead atoms. The number of nitrogens with one attached hydrogen (secondary N) is 1. The van der Waals surface area contributed by atoms with Crippen molar-refractivity contribution in [3.8, 4) is 5.75 Å². The summed E-state index contributed by atoms with van der Waals surface area (Å²) in [5.74, 6) is -2.39. The lowest BCUT2D eigenvalue weighted by molar-refractivity contribution is -0.274. The molecule has 0 aromatic heterocycles. The van der Waals surface area contributed by atoms with E-state index < -0.39 is 46.3 Å². The zero-order chi connectivity index (χ0) is 23.2. The van der Waals surface area contributed by atoms with Crippen molar-refractivity contribution in [2.24, 2.45) is 0 Å². The number of sulfone groups is 1. The maximum Gasteiger partial charge on any atom is 0.573 e. The van der Waals surface area contributed by atoms with E-state index >= 15 is 0 Å². The van der Waals surface area contributed by atoms with Crippen LogP contribution in [0.5, 0.6) is 5.75 Å². The number of hydrogen-bond donors (Lipinski definition) is 3. The van der Waals surface area contributed by atoms with Gasteiger partial charge in [0.1, 0.15) is 5.75 Å². The fourth-order valence-corrected chi connectivity index (χ4v) is 3.97. The number of nitrogens with zero attached hydrogens (tertiary/aromatic N) is 1. The van der Waals surface area contributed by atoms with Gasteiger partial charge in [0, 0.05) is 5.69 Å². The summed E-state index contributed by atoms with van der Waals surface area (Å²) in [6.07, 6.45) is -5.04. The third-order valence-corrected chi connectivity index (χ3v) is 5.75. The normalized spacial score (nSPS) is 12.7. The van der Waals surface area contributed by atoms with E-state index in [1.807, 2.05) is 0 Å². The molecule has 0 saturated carbocycles. The number of aliphatic hydroxyl groups excluding tert-OH is 1. The highest BCUT2D eigenvalue weighted by Crippen LogP contribution is 2.27. The third-order valence-electron chi connectivity index (χ3n) is 3.93. The average molecular weight is 462 g/mol. The summed E-state index contributed by atoms with van der Waals surface area (Å²) in [5, 5.41) is 20.8. The zero-order valence-electron chi connectivity index (χ0n) is 15.6. The van der Waals surface area contributed by atoms with Gasteiger partial charge in [-0.3, -0.25) is 14.8 Å². The predicted octanol–water partition coefficient (Wildman–Crippen LogP) is 1.82. The van der Waals surface area contributed by atoms with Crippen molar-refractivity contribution in [2.75, 3.05) is 17.7 Å². The van der Waals surface area contributed by atoms with Gasteiger partial charge in [0.2, 0.25) is 6.41 Å². The summed E-state index contributed by atoms with van der Waals surface area (Å²) in [5.41, 5.74) is -0.305. The van der Waals surface area contributed by atoms with Crippen LogP contribution in [-0.4, -0.2) is 60.9 Å². The number of aliphatic hydroxyl groups is 1. The molecular weight excluding hydrogens is 445 g/mol. The second-order valence-corrected chi connectivity index (χ2v) is 8.16. The molecule has 0 aliphatic carbocycles. The number of carbonyl (C=O) groups is 2. The minimum Gasteiger partial charge on any atom is -0.405 e. The monoisotopic (exact) mass is 462 g/mol. The highest BCUT2D eigenvalue weighted by Gasteiger charge is 2.33. The van der Waals surface area contributed by atoms with Gasteiger partial charge in [-0.25, -0.2) is 13.5 Å². The van der Waals surface area contributed by atoms with Gasteiger partial charge in [-0.1, -0.05) is 12.1 Å². The Morgan fingerprint density at radius 3 is 2.32 bits per heavy atom. The minimum absolute atomic E-state index is 0.0343. The molecule has 2 rings (SSSR count). The van der Waals surface area contributed by atoms with Crippen LogP contribution >= 0.6 is 0 Å². The van der Waals surface area contributed by atoms with Crippen LogP contribution in [0.2, 0.25) is 0 Å². The number of para-hydroxylation sites is 1. The van der Waals surface area contributed by atoms with E-state index in [-0.39, 0.29) is 27.6 Å². The van der Waals surface area contributed by atoms with Gasteiger partial charge in [0.05, 0.1) is 28.9 Å². The summed E-state index contributed by atoms with van der Waals surface area (Å²) < 4.78 is 66.1. The molecule has 1 unspecified atom stereocenters. The molecule has 0 fully saturated rings. The molecule has 2 amide bonds. The number of alkyl halides is 3. The van der Waals surface area contributed by atoms with Crippen molar-refractivity contribution in [3.05, 3.63) is 54.1 Å². The Morgan fingerprint density at radius 1 is 1.16 bits per heavy atom. The lowest BCUT2D eigenvalue weighted by atomic mass is 10.2. The first-order valence-electron chi connectivity index (χ1n) is 8.49. The lowest BCUT2D eigenvalue weighted by Gasteiger charge is -2.20. The van der Waals surface area contributed by atoms with Crippen LogP contribution < -0.4 is 10.1 Å². The molecule has 0 saturated heterocycles. The molecule has 3 N–H and O–H groups in total. The minimum atomic E-state index is -4.99. The number of anilines is 1. The van der Waals surface area contributed by atoms with Crippen LogP contribution in [0.3, 0.4) is 0 Å². The molecule has 168 valence electrons. The third kappa shape index (κ3) is 6.67. The first kappa shape index (κ1) is 24.1. The topological polar surface area (TPSA) is 133 Å². The molecule has 13 heteroatoms. The summed E-state index contributed by atoms with van der Waals surface area (Å²) in [7, 11) is -4.03. The maximum atomic E-state index is 12.5. The van der Waals surface area contributed by atoms with Crippen molar-refractivity contribution in [3.63, 3.8) is 0 Å². The number of hydrogen-bond acceptors (Lipinski definition) is 7. The summed E-state index contributed by atoms with van der Waals surface area (Å²) in [6.45, 7) is -0.804. The van der Waals surface area contributed by atoms with Gasteiger partial charge >= 0.3 is 6.36 Å². The van der Waals surface area contributed by atoms with Crippen molar-refractivity contribution in [2.45, 2.75) is 17.3 Å². The van der Waals surface area contributed by atoms with Gasteiger partial charge in [-0.15, -0.1) is 13.2 Å². The number of rotatable bonds is 9. The van der Waals surface area contributed by atoms with Gasteiger partial charge in [0.15, 0.2) is 9.84 Å². The van der Waals surface area contributed by atoms with E-state index in [1.54, 1.807) is 0 Å². The highest BCUT2D eigenvalue weighted by atomic mass is 32.2. The lowest BCUT2D eigenvalue weighted by Crippen LogP contribution is -2.39. The average Bonchev–Trinajstić information content (AvgIpc) is 2.71. The Bertz CT molecular complexity index is 1030. The van der Waals surface area contributed by atoms with E-state index in [2.05, 4.69) is 10.1 Å². The Morgan fingerprint density at radius 2 is 1.77 bits per heavy atom. The van der Waals surface area contributed by atoms with Crippen LogP contribution in [0.25, 0.3) is 0 Å². The molecule has 0 aliphatic rings. The van der Waals surface area contributed by atoms with Gasteiger partial charge in [-0.2, -0.15) is 0 Å². The molecule has 0 heterocycles. The first-order valence-corrected chi connectivity index (χ1v) is 10.1.